The predicted molar refractivity (Wildman–Crippen MR) is 93.1 cm³/mol. The van der Waals surface area contributed by atoms with Crippen LogP contribution in [0.5, 0.6) is 0 Å². The van der Waals surface area contributed by atoms with Gasteiger partial charge < -0.3 is 4.90 Å². The number of hydrogen-bond donors (Lipinski definition) is 1. The highest BCUT2D eigenvalue weighted by molar-refractivity contribution is 7.89. The Bertz CT molecular complexity index is 891. The fraction of sp³-hybridized carbons (Fsp3) is 0.278. The lowest BCUT2D eigenvalue weighted by Gasteiger charge is -2.19. The molecule has 1 heterocycles. The summed E-state index contributed by atoms with van der Waals surface area (Å²) in [6.07, 6.45) is 0.859. The van der Waals surface area contributed by atoms with Gasteiger partial charge >= 0.3 is 0 Å². The third-order valence-corrected chi connectivity index (χ3v) is 5.73. The lowest BCUT2D eigenvalue weighted by Crippen LogP contribution is -2.31. The first kappa shape index (κ1) is 17.4. The molecule has 0 aliphatic carbocycles. The number of nitriles is 1. The summed E-state index contributed by atoms with van der Waals surface area (Å²) in [6.45, 7) is 1.85. The first-order chi connectivity index (χ1) is 12.0. The van der Waals surface area contributed by atoms with Crippen molar-refractivity contribution in [3.8, 4) is 6.07 Å². The summed E-state index contributed by atoms with van der Waals surface area (Å²) >= 11 is 0. The van der Waals surface area contributed by atoms with Crippen LogP contribution < -0.4 is 9.62 Å². The van der Waals surface area contributed by atoms with Crippen molar-refractivity contribution < 1.29 is 12.8 Å². The molecular weight excluding hydrogens is 341 g/mol. The summed E-state index contributed by atoms with van der Waals surface area (Å²) in [5.74, 6) is -0.0918. The molecule has 0 aromatic heterocycles. The molecule has 3 rings (SSSR count). The Morgan fingerprint density at radius 3 is 2.72 bits per heavy atom. The van der Waals surface area contributed by atoms with Gasteiger partial charge in [0.15, 0.2) is 0 Å². The van der Waals surface area contributed by atoms with Gasteiger partial charge in [0, 0.05) is 25.3 Å². The van der Waals surface area contributed by atoms with Crippen LogP contribution in [0.3, 0.4) is 0 Å². The quantitative estimate of drug-likeness (QED) is 0.890. The highest BCUT2D eigenvalue weighted by Gasteiger charge is 2.25. The maximum atomic E-state index is 13.0. The van der Waals surface area contributed by atoms with Crippen molar-refractivity contribution in [2.75, 3.05) is 24.5 Å². The number of hydrogen-bond acceptors (Lipinski definition) is 4. The van der Waals surface area contributed by atoms with Crippen LogP contribution in [0.2, 0.25) is 0 Å². The zero-order valence-corrected chi connectivity index (χ0v) is 14.3. The van der Waals surface area contributed by atoms with Crippen LogP contribution in [-0.4, -0.2) is 28.1 Å². The van der Waals surface area contributed by atoms with E-state index in [1.807, 2.05) is 6.07 Å². The molecule has 1 atom stereocenters. The van der Waals surface area contributed by atoms with E-state index in [-0.39, 0.29) is 16.6 Å². The maximum Gasteiger partial charge on any atom is 0.240 e. The molecule has 0 bridgehead atoms. The molecule has 1 saturated heterocycles. The molecular formula is C18H18FN3O2S. The van der Waals surface area contributed by atoms with Crippen LogP contribution in [0.4, 0.5) is 10.1 Å². The average Bonchev–Trinajstić information content (AvgIpc) is 3.10. The Morgan fingerprint density at radius 1 is 1.24 bits per heavy atom. The molecule has 5 nitrogen and oxygen atoms in total. The number of halogens is 1. The highest BCUT2D eigenvalue weighted by Crippen LogP contribution is 2.24. The smallest absolute Gasteiger partial charge is 0.240 e. The van der Waals surface area contributed by atoms with E-state index in [1.54, 1.807) is 24.3 Å². The van der Waals surface area contributed by atoms with Crippen molar-refractivity contribution in [2.45, 2.75) is 11.3 Å². The Hall–Kier alpha value is -2.43. The van der Waals surface area contributed by atoms with Gasteiger partial charge in [-0.2, -0.15) is 5.26 Å². The molecule has 1 unspecified atom stereocenters. The second-order valence-corrected chi connectivity index (χ2v) is 7.84. The molecule has 130 valence electrons. The average molecular weight is 359 g/mol. The maximum absolute atomic E-state index is 13.0. The number of nitrogens with zero attached hydrogens (tertiary/aromatic N) is 2. The normalized spacial score (nSPS) is 17.4. The number of rotatable bonds is 5. The van der Waals surface area contributed by atoms with Crippen LogP contribution in [0.15, 0.2) is 53.4 Å². The largest absolute Gasteiger partial charge is 0.371 e. The second kappa shape index (κ2) is 7.21. The van der Waals surface area contributed by atoms with Crippen LogP contribution in [0, 0.1) is 23.1 Å². The fourth-order valence-corrected chi connectivity index (χ4v) is 4.09. The number of sulfonamides is 1. The summed E-state index contributed by atoms with van der Waals surface area (Å²) < 4.78 is 40.4. The van der Waals surface area contributed by atoms with E-state index in [0.29, 0.717) is 18.7 Å². The minimum Gasteiger partial charge on any atom is -0.371 e. The molecule has 0 spiro atoms. The molecule has 2 aromatic rings. The van der Waals surface area contributed by atoms with E-state index in [1.165, 1.54) is 24.3 Å². The first-order valence-electron chi connectivity index (χ1n) is 7.98. The zero-order valence-electron chi connectivity index (χ0n) is 13.5. The van der Waals surface area contributed by atoms with Gasteiger partial charge in [0.1, 0.15) is 5.82 Å². The van der Waals surface area contributed by atoms with Crippen molar-refractivity contribution >= 4 is 15.7 Å². The Kier molecular flexibility index (Phi) is 5.02. The molecule has 0 radical (unpaired) electrons. The SMILES string of the molecule is N#Cc1cccc(S(=O)(=O)NCC2CCN(c3ccc(F)cc3)C2)c1. The van der Waals surface area contributed by atoms with Crippen molar-refractivity contribution in [1.29, 1.82) is 5.26 Å². The van der Waals surface area contributed by atoms with Gasteiger partial charge in [-0.3, -0.25) is 0 Å². The summed E-state index contributed by atoms with van der Waals surface area (Å²) in [4.78, 5) is 2.22. The third-order valence-electron chi connectivity index (χ3n) is 4.31. The van der Waals surface area contributed by atoms with E-state index in [9.17, 15) is 12.8 Å². The summed E-state index contributed by atoms with van der Waals surface area (Å²) in [5.41, 5.74) is 1.25. The summed E-state index contributed by atoms with van der Waals surface area (Å²) in [6, 6.07) is 14.2. The molecule has 1 aliphatic rings. The standard InChI is InChI=1S/C18H18FN3O2S/c19-16-4-6-17(7-5-16)22-9-8-15(13-22)12-21-25(23,24)18-3-1-2-14(10-18)11-20/h1-7,10,15,21H,8-9,12-13H2. The summed E-state index contributed by atoms with van der Waals surface area (Å²) in [5, 5.41) is 8.89. The monoisotopic (exact) mass is 359 g/mol. The van der Waals surface area contributed by atoms with Crippen LogP contribution >= 0.6 is 0 Å². The van der Waals surface area contributed by atoms with Gasteiger partial charge in [-0.15, -0.1) is 0 Å². The lowest BCUT2D eigenvalue weighted by atomic mass is 10.1. The minimum absolute atomic E-state index is 0.0972. The fourth-order valence-electron chi connectivity index (χ4n) is 2.93. The summed E-state index contributed by atoms with van der Waals surface area (Å²) in [7, 11) is -3.64. The van der Waals surface area contributed by atoms with Crippen molar-refractivity contribution in [1.82, 2.24) is 4.72 Å². The van der Waals surface area contributed by atoms with E-state index >= 15 is 0 Å². The lowest BCUT2D eigenvalue weighted by molar-refractivity contribution is 0.541. The van der Waals surface area contributed by atoms with Gasteiger partial charge in [-0.05, 0) is 54.8 Å². The topological polar surface area (TPSA) is 73.2 Å². The number of nitrogens with one attached hydrogen (secondary N) is 1. The minimum atomic E-state index is -3.64. The van der Waals surface area contributed by atoms with E-state index in [2.05, 4.69) is 9.62 Å². The Labute approximate surface area is 146 Å². The van der Waals surface area contributed by atoms with Crippen molar-refractivity contribution in [3.05, 3.63) is 59.9 Å². The second-order valence-electron chi connectivity index (χ2n) is 6.07. The predicted octanol–water partition coefficient (Wildman–Crippen LogP) is 2.50. The van der Waals surface area contributed by atoms with E-state index < -0.39 is 10.0 Å². The van der Waals surface area contributed by atoms with E-state index in [0.717, 1.165) is 18.7 Å². The van der Waals surface area contributed by atoms with Crippen LogP contribution in [0.25, 0.3) is 0 Å². The molecule has 1 N–H and O–H groups in total. The highest BCUT2D eigenvalue weighted by atomic mass is 32.2. The van der Waals surface area contributed by atoms with Gasteiger partial charge in [0.25, 0.3) is 0 Å². The van der Waals surface area contributed by atoms with E-state index in [4.69, 9.17) is 5.26 Å². The van der Waals surface area contributed by atoms with Crippen molar-refractivity contribution in [3.63, 3.8) is 0 Å². The first-order valence-corrected chi connectivity index (χ1v) is 9.46. The van der Waals surface area contributed by atoms with Gasteiger partial charge in [0.05, 0.1) is 16.5 Å². The molecule has 0 saturated carbocycles. The Balaban J connectivity index is 1.60. The Morgan fingerprint density at radius 2 is 2.00 bits per heavy atom. The van der Waals surface area contributed by atoms with Crippen molar-refractivity contribution in [2.24, 2.45) is 5.92 Å². The number of anilines is 1. The molecule has 0 amide bonds. The zero-order chi connectivity index (χ0) is 17.9. The van der Waals surface area contributed by atoms with Crippen LogP contribution in [0.1, 0.15) is 12.0 Å². The molecule has 2 aromatic carbocycles. The van der Waals surface area contributed by atoms with Gasteiger partial charge in [-0.1, -0.05) is 6.07 Å². The third kappa shape index (κ3) is 4.16. The molecule has 7 heteroatoms. The molecule has 25 heavy (non-hydrogen) atoms. The van der Waals surface area contributed by atoms with Gasteiger partial charge in [-0.25, -0.2) is 17.5 Å². The molecule has 1 aliphatic heterocycles. The van der Waals surface area contributed by atoms with Crippen LogP contribution in [-0.2, 0) is 10.0 Å². The van der Waals surface area contributed by atoms with Gasteiger partial charge in [0.2, 0.25) is 10.0 Å². The molecule has 1 fully saturated rings. The number of benzene rings is 2.